The van der Waals surface area contributed by atoms with E-state index < -0.39 is 0 Å². The highest BCUT2D eigenvalue weighted by Crippen LogP contribution is 2.35. The van der Waals surface area contributed by atoms with E-state index >= 15 is 0 Å². The van der Waals surface area contributed by atoms with E-state index in [2.05, 4.69) is 20.6 Å². The quantitative estimate of drug-likeness (QED) is 0.427. The highest BCUT2D eigenvalue weighted by molar-refractivity contribution is 7.99. The average molecular weight is 437 g/mol. The molecule has 8 nitrogen and oxygen atoms in total. The van der Waals surface area contributed by atoms with Crippen LogP contribution in [0, 0.1) is 0 Å². The van der Waals surface area contributed by atoms with Crippen LogP contribution in [0.5, 0.6) is 0 Å². The summed E-state index contributed by atoms with van der Waals surface area (Å²) in [6, 6.07) is 17.1. The second-order valence-electron chi connectivity index (χ2n) is 6.50. The summed E-state index contributed by atoms with van der Waals surface area (Å²) in [5.41, 5.74) is 1.61. The van der Waals surface area contributed by atoms with Crippen molar-refractivity contribution in [1.82, 2.24) is 25.2 Å². The Labute approximate surface area is 180 Å². The van der Waals surface area contributed by atoms with Gasteiger partial charge in [-0.25, -0.2) is 5.01 Å². The number of aromatic nitrogens is 4. The van der Waals surface area contributed by atoms with Crippen molar-refractivity contribution in [3.05, 3.63) is 76.9 Å². The molecule has 1 aromatic carbocycles. The van der Waals surface area contributed by atoms with Crippen molar-refractivity contribution in [1.29, 1.82) is 0 Å². The van der Waals surface area contributed by atoms with Crippen LogP contribution in [0.1, 0.15) is 23.1 Å². The van der Waals surface area contributed by atoms with E-state index in [0.29, 0.717) is 17.3 Å². The maximum absolute atomic E-state index is 13.1. The second kappa shape index (κ2) is 8.25. The van der Waals surface area contributed by atoms with Crippen LogP contribution in [-0.2, 0) is 4.79 Å². The van der Waals surface area contributed by atoms with Gasteiger partial charge in [0.15, 0.2) is 0 Å². The lowest BCUT2D eigenvalue weighted by Gasteiger charge is -2.20. The Morgan fingerprint density at radius 1 is 1.17 bits per heavy atom. The van der Waals surface area contributed by atoms with Crippen LogP contribution < -0.4 is 0 Å². The number of hydrogen-bond donors (Lipinski definition) is 0. The van der Waals surface area contributed by atoms with Gasteiger partial charge in [-0.05, 0) is 46.1 Å². The van der Waals surface area contributed by atoms with Crippen molar-refractivity contribution < 1.29 is 9.21 Å². The number of carbonyl (C=O) groups excluding carboxylic acids is 1. The number of furan rings is 1. The van der Waals surface area contributed by atoms with E-state index in [1.165, 1.54) is 11.8 Å². The fourth-order valence-corrected chi connectivity index (χ4v) is 4.78. The number of hydrazone groups is 1. The summed E-state index contributed by atoms with van der Waals surface area (Å²) in [7, 11) is 0. The molecular weight excluding hydrogens is 420 g/mol. The van der Waals surface area contributed by atoms with Gasteiger partial charge in [0.25, 0.3) is 5.91 Å². The van der Waals surface area contributed by atoms with E-state index in [1.54, 1.807) is 27.3 Å². The molecule has 1 amide bonds. The third-order valence-electron chi connectivity index (χ3n) is 4.61. The molecule has 4 aromatic rings. The SMILES string of the molecule is O=C(CSc1nnnn1-c1ccccc1)N1N=C(c2ccco2)C[C@H]1c1cccs1. The van der Waals surface area contributed by atoms with Gasteiger partial charge in [-0.1, -0.05) is 36.0 Å². The minimum Gasteiger partial charge on any atom is -0.463 e. The number of tetrazole rings is 1. The maximum atomic E-state index is 13.1. The van der Waals surface area contributed by atoms with E-state index in [4.69, 9.17) is 4.42 Å². The summed E-state index contributed by atoms with van der Waals surface area (Å²) in [6.45, 7) is 0. The Morgan fingerprint density at radius 3 is 2.83 bits per heavy atom. The lowest BCUT2D eigenvalue weighted by atomic mass is 10.1. The third-order valence-corrected chi connectivity index (χ3v) is 6.49. The molecule has 30 heavy (non-hydrogen) atoms. The van der Waals surface area contributed by atoms with Gasteiger partial charge >= 0.3 is 0 Å². The van der Waals surface area contributed by atoms with Gasteiger partial charge in [0.2, 0.25) is 5.16 Å². The Hall–Kier alpha value is -3.24. The van der Waals surface area contributed by atoms with Gasteiger partial charge in [-0.2, -0.15) is 9.78 Å². The van der Waals surface area contributed by atoms with Crippen molar-refractivity contribution in [2.24, 2.45) is 5.10 Å². The van der Waals surface area contributed by atoms with Crippen LogP contribution in [0.2, 0.25) is 0 Å². The molecule has 0 unspecified atom stereocenters. The molecule has 0 saturated heterocycles. The zero-order valence-corrected chi connectivity index (χ0v) is 17.3. The topological polar surface area (TPSA) is 89.4 Å². The van der Waals surface area contributed by atoms with Crippen LogP contribution in [0.3, 0.4) is 0 Å². The first-order valence-electron chi connectivity index (χ1n) is 9.23. The first-order valence-corrected chi connectivity index (χ1v) is 11.1. The fourth-order valence-electron chi connectivity index (χ4n) is 3.23. The summed E-state index contributed by atoms with van der Waals surface area (Å²) in [6.07, 6.45) is 2.23. The first kappa shape index (κ1) is 18.8. The monoisotopic (exact) mass is 436 g/mol. The smallest absolute Gasteiger partial charge is 0.253 e. The number of benzene rings is 1. The van der Waals surface area contributed by atoms with E-state index in [0.717, 1.165) is 16.3 Å². The van der Waals surface area contributed by atoms with Crippen molar-refractivity contribution >= 4 is 34.7 Å². The number of amides is 1. The van der Waals surface area contributed by atoms with Crippen LogP contribution in [0.25, 0.3) is 5.69 Å². The van der Waals surface area contributed by atoms with Crippen molar-refractivity contribution in [2.45, 2.75) is 17.6 Å². The number of nitrogens with zero attached hydrogens (tertiary/aromatic N) is 6. The molecule has 4 heterocycles. The Bertz CT molecular complexity index is 1160. The van der Waals surface area contributed by atoms with Crippen LogP contribution >= 0.6 is 23.1 Å². The van der Waals surface area contributed by atoms with Gasteiger partial charge in [-0.3, -0.25) is 4.79 Å². The van der Waals surface area contributed by atoms with E-state index in [-0.39, 0.29) is 17.7 Å². The first-order chi connectivity index (χ1) is 14.8. The summed E-state index contributed by atoms with van der Waals surface area (Å²) in [4.78, 5) is 14.2. The number of thioether (sulfide) groups is 1. The predicted octanol–water partition coefficient (Wildman–Crippen LogP) is 3.79. The molecule has 0 bridgehead atoms. The normalized spacial score (nSPS) is 16.1. The largest absolute Gasteiger partial charge is 0.463 e. The maximum Gasteiger partial charge on any atom is 0.253 e. The number of carbonyl (C=O) groups is 1. The third kappa shape index (κ3) is 3.66. The van der Waals surface area contributed by atoms with E-state index in [1.807, 2.05) is 60.0 Å². The average Bonchev–Trinajstić information content (AvgIpc) is 3.57. The molecule has 0 saturated carbocycles. The molecule has 1 atom stereocenters. The summed E-state index contributed by atoms with van der Waals surface area (Å²) < 4.78 is 7.12. The van der Waals surface area contributed by atoms with Crippen molar-refractivity contribution in [3.8, 4) is 5.69 Å². The van der Waals surface area contributed by atoms with E-state index in [9.17, 15) is 4.79 Å². The van der Waals surface area contributed by atoms with Crippen molar-refractivity contribution in [3.63, 3.8) is 0 Å². The summed E-state index contributed by atoms with van der Waals surface area (Å²) in [5, 5.41) is 20.6. The van der Waals surface area contributed by atoms with Gasteiger partial charge in [0.1, 0.15) is 11.5 Å². The zero-order valence-electron chi connectivity index (χ0n) is 15.7. The van der Waals surface area contributed by atoms with Crippen LogP contribution in [-0.4, -0.2) is 42.6 Å². The van der Waals surface area contributed by atoms with Crippen molar-refractivity contribution in [2.75, 3.05) is 5.75 Å². The van der Waals surface area contributed by atoms with Gasteiger partial charge in [-0.15, -0.1) is 16.4 Å². The lowest BCUT2D eigenvalue weighted by Crippen LogP contribution is -2.28. The number of rotatable bonds is 6. The fraction of sp³-hybridized carbons (Fsp3) is 0.150. The molecule has 0 spiro atoms. The molecule has 0 N–H and O–H groups in total. The molecule has 10 heteroatoms. The molecule has 0 fully saturated rings. The molecule has 1 aliphatic heterocycles. The van der Waals surface area contributed by atoms with Gasteiger partial charge < -0.3 is 4.42 Å². The highest BCUT2D eigenvalue weighted by Gasteiger charge is 2.34. The molecule has 3 aromatic heterocycles. The van der Waals surface area contributed by atoms with Gasteiger partial charge in [0.05, 0.1) is 23.7 Å². The van der Waals surface area contributed by atoms with Gasteiger partial charge in [0, 0.05) is 11.3 Å². The van der Waals surface area contributed by atoms with Crippen LogP contribution in [0.15, 0.2) is 80.9 Å². The number of thiophene rings is 1. The molecule has 0 aliphatic carbocycles. The minimum absolute atomic E-state index is 0.109. The standard InChI is InChI=1S/C20H16N6O2S2/c27-19(13-30-20-21-23-24-25(20)14-6-2-1-3-7-14)26-16(18-9-5-11-29-18)12-15(22-26)17-8-4-10-28-17/h1-11,16H,12-13H2/t16-/m0/s1. The molecule has 150 valence electrons. The van der Waals surface area contributed by atoms with Crippen LogP contribution in [0.4, 0.5) is 0 Å². The number of hydrogen-bond acceptors (Lipinski definition) is 8. The Morgan fingerprint density at radius 2 is 2.07 bits per heavy atom. The number of para-hydroxylation sites is 1. The Kier molecular flexibility index (Phi) is 5.16. The molecular formula is C20H16N6O2S2. The summed E-state index contributed by atoms with van der Waals surface area (Å²) in [5.74, 6) is 0.749. The predicted molar refractivity (Wildman–Crippen MR) is 114 cm³/mol. The molecule has 0 radical (unpaired) electrons. The second-order valence-corrected chi connectivity index (χ2v) is 8.42. The zero-order chi connectivity index (χ0) is 20.3. The highest BCUT2D eigenvalue weighted by atomic mass is 32.2. The minimum atomic E-state index is -0.136. The lowest BCUT2D eigenvalue weighted by molar-refractivity contribution is -0.130. The molecule has 1 aliphatic rings. The Balaban J connectivity index is 1.35. The summed E-state index contributed by atoms with van der Waals surface area (Å²) >= 11 is 2.90. The molecule has 5 rings (SSSR count).